The van der Waals surface area contributed by atoms with Crippen LogP contribution >= 0.6 is 0 Å². The predicted molar refractivity (Wildman–Crippen MR) is 110 cm³/mol. The minimum atomic E-state index is -3.51. The Hall–Kier alpha value is -2.84. The number of sulfonamides is 1. The van der Waals surface area contributed by atoms with Crippen molar-refractivity contribution in [3.63, 3.8) is 0 Å². The molecule has 3 aromatic rings. The van der Waals surface area contributed by atoms with E-state index in [4.69, 9.17) is 0 Å². The van der Waals surface area contributed by atoms with E-state index < -0.39 is 10.0 Å². The Morgan fingerprint density at radius 2 is 1.69 bits per heavy atom. The summed E-state index contributed by atoms with van der Waals surface area (Å²) < 4.78 is 40.5. The van der Waals surface area contributed by atoms with Gasteiger partial charge in [-0.2, -0.15) is 4.31 Å². The lowest BCUT2D eigenvalue weighted by atomic mass is 10.1. The number of nitrogens with one attached hydrogen (secondary N) is 1. The Balaban J connectivity index is 1.59. The van der Waals surface area contributed by atoms with Crippen LogP contribution in [0.2, 0.25) is 0 Å². The number of aromatic nitrogens is 2. The monoisotopic (exact) mass is 412 g/mol. The molecule has 4 rings (SSSR count). The summed E-state index contributed by atoms with van der Waals surface area (Å²) in [5, 5.41) is 11.4. The summed E-state index contributed by atoms with van der Waals surface area (Å²) in [4.78, 5) is 0.312. The summed E-state index contributed by atoms with van der Waals surface area (Å²) in [5.41, 5.74) is 2.67. The Kier molecular flexibility index (Phi) is 5.29. The van der Waals surface area contributed by atoms with Crippen molar-refractivity contribution in [3.8, 4) is 11.3 Å². The third-order valence-corrected chi connectivity index (χ3v) is 6.99. The van der Waals surface area contributed by atoms with Crippen LogP contribution in [0, 0.1) is 12.7 Å². The number of halogens is 1. The van der Waals surface area contributed by atoms with Gasteiger partial charge >= 0.3 is 0 Å². The lowest BCUT2D eigenvalue weighted by molar-refractivity contribution is 0.477. The summed E-state index contributed by atoms with van der Waals surface area (Å²) in [6, 6.07) is 14.8. The molecule has 150 valence electrons. The van der Waals surface area contributed by atoms with Crippen LogP contribution in [-0.4, -0.2) is 36.0 Å². The van der Waals surface area contributed by atoms with E-state index in [1.54, 1.807) is 47.6 Å². The molecule has 0 bridgehead atoms. The molecule has 29 heavy (non-hydrogen) atoms. The molecule has 0 unspecified atom stereocenters. The van der Waals surface area contributed by atoms with Gasteiger partial charge in [-0.05, 0) is 67.8 Å². The molecular formula is C21H21FN4O2S. The summed E-state index contributed by atoms with van der Waals surface area (Å²) in [6.07, 6.45) is 1.79. The summed E-state index contributed by atoms with van der Waals surface area (Å²) >= 11 is 0. The van der Waals surface area contributed by atoms with Crippen LogP contribution in [0.1, 0.15) is 18.4 Å². The van der Waals surface area contributed by atoms with Crippen molar-refractivity contribution in [2.24, 2.45) is 0 Å². The third-order valence-electron chi connectivity index (χ3n) is 4.95. The van der Waals surface area contributed by atoms with Gasteiger partial charge in [0.05, 0.1) is 10.6 Å². The molecule has 0 aliphatic carbocycles. The fourth-order valence-electron chi connectivity index (χ4n) is 3.34. The van der Waals surface area contributed by atoms with E-state index in [0.717, 1.165) is 12.8 Å². The number of aryl methyl sites for hydroxylation is 1. The summed E-state index contributed by atoms with van der Waals surface area (Å²) in [6.45, 7) is 2.93. The number of hydrogen-bond acceptors (Lipinski definition) is 5. The number of anilines is 2. The zero-order chi connectivity index (χ0) is 20.4. The highest BCUT2D eigenvalue weighted by Gasteiger charge is 2.28. The Labute approximate surface area is 169 Å². The van der Waals surface area contributed by atoms with Crippen LogP contribution in [0.3, 0.4) is 0 Å². The standard InChI is InChI=1S/C21H21FN4O2S/c1-15-4-5-16(14-20(15)29(27,28)26-12-2-3-13-26)19-10-11-21(25-24-19)23-18-8-6-17(22)7-9-18/h4-11,14H,2-3,12-13H2,1H3,(H,23,25). The second-order valence-electron chi connectivity index (χ2n) is 7.03. The molecule has 0 atom stereocenters. The maximum atomic E-state index is 13.0. The second-order valence-corrected chi connectivity index (χ2v) is 8.93. The Morgan fingerprint density at radius 3 is 2.34 bits per heavy atom. The molecule has 1 aromatic heterocycles. The van der Waals surface area contributed by atoms with Crippen molar-refractivity contribution in [3.05, 3.63) is 66.0 Å². The van der Waals surface area contributed by atoms with Gasteiger partial charge in [-0.3, -0.25) is 0 Å². The highest BCUT2D eigenvalue weighted by atomic mass is 32.2. The van der Waals surface area contributed by atoms with Crippen LogP contribution < -0.4 is 5.32 Å². The van der Waals surface area contributed by atoms with Crippen LogP contribution in [-0.2, 0) is 10.0 Å². The fraction of sp³-hybridized carbons (Fsp3) is 0.238. The molecule has 1 fully saturated rings. The second kappa shape index (κ2) is 7.88. The van der Waals surface area contributed by atoms with E-state index in [1.165, 1.54) is 12.1 Å². The molecule has 6 nitrogen and oxygen atoms in total. The lowest BCUT2D eigenvalue weighted by Crippen LogP contribution is -2.28. The smallest absolute Gasteiger partial charge is 0.243 e. The average molecular weight is 412 g/mol. The quantitative estimate of drug-likeness (QED) is 0.682. The molecule has 1 aliphatic rings. The van der Waals surface area contributed by atoms with Crippen molar-refractivity contribution >= 4 is 21.5 Å². The number of benzene rings is 2. The first kappa shape index (κ1) is 19.5. The molecule has 8 heteroatoms. The van der Waals surface area contributed by atoms with Gasteiger partial charge in [-0.25, -0.2) is 12.8 Å². The van der Waals surface area contributed by atoms with Crippen molar-refractivity contribution in [1.82, 2.24) is 14.5 Å². The molecule has 1 N–H and O–H groups in total. The van der Waals surface area contributed by atoms with Gasteiger partial charge in [-0.15, -0.1) is 10.2 Å². The van der Waals surface area contributed by atoms with E-state index in [0.29, 0.717) is 46.3 Å². The van der Waals surface area contributed by atoms with Gasteiger partial charge in [0.25, 0.3) is 0 Å². The first-order valence-corrected chi connectivity index (χ1v) is 10.8. The minimum absolute atomic E-state index is 0.309. The topological polar surface area (TPSA) is 75.2 Å². The van der Waals surface area contributed by atoms with E-state index in [9.17, 15) is 12.8 Å². The van der Waals surface area contributed by atoms with E-state index in [-0.39, 0.29) is 5.82 Å². The number of hydrogen-bond donors (Lipinski definition) is 1. The summed E-state index contributed by atoms with van der Waals surface area (Å²) in [7, 11) is -3.51. The van der Waals surface area contributed by atoms with Crippen molar-refractivity contribution in [2.75, 3.05) is 18.4 Å². The minimum Gasteiger partial charge on any atom is -0.339 e. The van der Waals surface area contributed by atoms with Gasteiger partial charge in [-0.1, -0.05) is 12.1 Å². The number of nitrogens with zero attached hydrogens (tertiary/aromatic N) is 3. The molecule has 2 heterocycles. The summed E-state index contributed by atoms with van der Waals surface area (Å²) in [5.74, 6) is 0.202. The van der Waals surface area contributed by atoms with Crippen molar-refractivity contribution in [1.29, 1.82) is 0 Å². The van der Waals surface area contributed by atoms with Crippen LogP contribution in [0.5, 0.6) is 0 Å². The van der Waals surface area contributed by atoms with Crippen LogP contribution in [0.4, 0.5) is 15.9 Å². The predicted octanol–water partition coefficient (Wildman–Crippen LogP) is 4.12. The number of rotatable bonds is 5. The normalized spacial score (nSPS) is 14.8. The largest absolute Gasteiger partial charge is 0.339 e. The van der Waals surface area contributed by atoms with E-state index in [1.807, 2.05) is 6.07 Å². The van der Waals surface area contributed by atoms with E-state index in [2.05, 4.69) is 15.5 Å². The van der Waals surface area contributed by atoms with Gasteiger partial charge in [0.2, 0.25) is 10.0 Å². The zero-order valence-electron chi connectivity index (χ0n) is 16.0. The van der Waals surface area contributed by atoms with Crippen molar-refractivity contribution < 1.29 is 12.8 Å². The third kappa shape index (κ3) is 4.13. The zero-order valence-corrected chi connectivity index (χ0v) is 16.8. The van der Waals surface area contributed by atoms with Gasteiger partial charge in [0.15, 0.2) is 5.82 Å². The Bertz CT molecular complexity index is 1110. The van der Waals surface area contributed by atoms with Gasteiger partial charge in [0, 0.05) is 24.3 Å². The van der Waals surface area contributed by atoms with E-state index >= 15 is 0 Å². The molecule has 0 radical (unpaired) electrons. The lowest BCUT2D eigenvalue weighted by Gasteiger charge is -2.17. The van der Waals surface area contributed by atoms with Crippen molar-refractivity contribution in [2.45, 2.75) is 24.7 Å². The first-order chi connectivity index (χ1) is 13.9. The highest BCUT2D eigenvalue weighted by Crippen LogP contribution is 2.28. The molecule has 0 spiro atoms. The van der Waals surface area contributed by atoms with Crippen LogP contribution in [0.25, 0.3) is 11.3 Å². The highest BCUT2D eigenvalue weighted by molar-refractivity contribution is 7.89. The Morgan fingerprint density at radius 1 is 0.966 bits per heavy atom. The molecule has 1 saturated heterocycles. The maximum absolute atomic E-state index is 13.0. The van der Waals surface area contributed by atoms with Gasteiger partial charge in [0.1, 0.15) is 5.82 Å². The molecule has 0 saturated carbocycles. The molecule has 1 aliphatic heterocycles. The maximum Gasteiger partial charge on any atom is 0.243 e. The van der Waals surface area contributed by atoms with Gasteiger partial charge < -0.3 is 5.32 Å². The average Bonchev–Trinajstić information content (AvgIpc) is 3.26. The van der Waals surface area contributed by atoms with Crippen LogP contribution in [0.15, 0.2) is 59.5 Å². The fourth-order valence-corrected chi connectivity index (χ4v) is 5.11. The molecule has 2 aromatic carbocycles. The SMILES string of the molecule is Cc1ccc(-c2ccc(Nc3ccc(F)cc3)nn2)cc1S(=O)(=O)N1CCCC1. The molecule has 0 amide bonds. The first-order valence-electron chi connectivity index (χ1n) is 9.41. The molecular weight excluding hydrogens is 391 g/mol.